The molecule has 0 aliphatic rings. The molecule has 1 unspecified atom stereocenters. The molecule has 0 saturated carbocycles. The van der Waals surface area contributed by atoms with Gasteiger partial charge in [-0.2, -0.15) is 0 Å². The summed E-state index contributed by atoms with van der Waals surface area (Å²) in [5.41, 5.74) is 0.850. The highest BCUT2D eigenvalue weighted by molar-refractivity contribution is 6.31. The van der Waals surface area contributed by atoms with Crippen LogP contribution in [0.5, 0.6) is 0 Å². The lowest BCUT2D eigenvalue weighted by Crippen LogP contribution is -2.40. The zero-order chi connectivity index (χ0) is 14.3. The minimum Gasteiger partial charge on any atom is -0.480 e. The van der Waals surface area contributed by atoms with Crippen molar-refractivity contribution in [3.8, 4) is 12.3 Å². The average molecular weight is 280 g/mol. The molecule has 0 radical (unpaired) electrons. The molecule has 0 aliphatic heterocycles. The molecule has 1 amide bonds. The van der Waals surface area contributed by atoms with Gasteiger partial charge in [0.05, 0.1) is 0 Å². The van der Waals surface area contributed by atoms with Gasteiger partial charge in [-0.15, -0.1) is 12.3 Å². The number of amides is 1. The Morgan fingerprint density at radius 2 is 2.11 bits per heavy atom. The van der Waals surface area contributed by atoms with Crippen LogP contribution < -0.4 is 5.32 Å². The lowest BCUT2D eigenvalue weighted by molar-refractivity contribution is -0.141. The number of carboxylic acid groups (broad SMARTS) is 1. The maximum atomic E-state index is 11.6. The van der Waals surface area contributed by atoms with Crippen LogP contribution in [0.15, 0.2) is 24.3 Å². The summed E-state index contributed by atoms with van der Waals surface area (Å²) in [6, 6.07) is 6.17. The van der Waals surface area contributed by atoms with Gasteiger partial charge in [0.15, 0.2) is 0 Å². The molecule has 1 aromatic carbocycles. The van der Waals surface area contributed by atoms with Gasteiger partial charge in [-0.3, -0.25) is 4.79 Å². The van der Waals surface area contributed by atoms with Gasteiger partial charge in [0, 0.05) is 17.9 Å². The topological polar surface area (TPSA) is 66.4 Å². The molecule has 0 fully saturated rings. The van der Waals surface area contributed by atoms with Crippen LogP contribution in [0.25, 0.3) is 0 Å². The first-order valence-electron chi connectivity index (χ1n) is 5.73. The van der Waals surface area contributed by atoms with Crippen LogP contribution in [0.4, 0.5) is 0 Å². The Morgan fingerprint density at radius 1 is 1.42 bits per heavy atom. The van der Waals surface area contributed by atoms with Crippen molar-refractivity contribution in [2.24, 2.45) is 0 Å². The fourth-order valence-corrected chi connectivity index (χ4v) is 1.76. The van der Waals surface area contributed by atoms with Crippen molar-refractivity contribution >= 4 is 23.5 Å². The molecule has 1 aromatic rings. The number of carbonyl (C=O) groups excluding carboxylic acids is 1. The van der Waals surface area contributed by atoms with Crippen LogP contribution in [-0.4, -0.2) is 23.0 Å². The van der Waals surface area contributed by atoms with E-state index in [0.717, 1.165) is 5.56 Å². The first-order chi connectivity index (χ1) is 9.04. The summed E-state index contributed by atoms with van der Waals surface area (Å²) in [4.78, 5) is 22.5. The predicted octanol–water partition coefficient (Wildman–Crippen LogP) is 1.87. The lowest BCUT2D eigenvalue weighted by atomic mass is 10.1. The van der Waals surface area contributed by atoms with Crippen molar-refractivity contribution in [1.82, 2.24) is 5.32 Å². The monoisotopic (exact) mass is 279 g/mol. The van der Waals surface area contributed by atoms with Gasteiger partial charge in [0.25, 0.3) is 0 Å². The van der Waals surface area contributed by atoms with E-state index in [-0.39, 0.29) is 18.7 Å². The maximum absolute atomic E-state index is 11.6. The number of hydrogen-bond acceptors (Lipinski definition) is 2. The summed E-state index contributed by atoms with van der Waals surface area (Å²) in [5, 5.41) is 11.8. The Bertz CT molecular complexity index is 508. The van der Waals surface area contributed by atoms with Gasteiger partial charge < -0.3 is 10.4 Å². The molecular weight excluding hydrogens is 266 g/mol. The number of carbonyl (C=O) groups is 2. The van der Waals surface area contributed by atoms with E-state index in [2.05, 4.69) is 11.2 Å². The Hall–Kier alpha value is -1.99. The third kappa shape index (κ3) is 5.02. The fourth-order valence-electron chi connectivity index (χ4n) is 1.53. The van der Waals surface area contributed by atoms with Crippen molar-refractivity contribution in [2.45, 2.75) is 25.3 Å². The van der Waals surface area contributed by atoms with E-state index in [4.69, 9.17) is 23.1 Å². The Labute approximate surface area is 116 Å². The second kappa shape index (κ2) is 7.45. The molecule has 0 bridgehead atoms. The van der Waals surface area contributed by atoms with Crippen LogP contribution in [0.1, 0.15) is 18.4 Å². The van der Waals surface area contributed by atoms with Crippen LogP contribution in [0, 0.1) is 12.3 Å². The minimum atomic E-state index is -1.14. The van der Waals surface area contributed by atoms with Gasteiger partial charge in [0.1, 0.15) is 6.04 Å². The molecule has 1 rings (SSSR count). The number of benzene rings is 1. The third-order valence-electron chi connectivity index (χ3n) is 2.53. The van der Waals surface area contributed by atoms with E-state index in [0.29, 0.717) is 11.4 Å². The quantitative estimate of drug-likeness (QED) is 0.781. The van der Waals surface area contributed by atoms with Gasteiger partial charge >= 0.3 is 5.97 Å². The second-order valence-electron chi connectivity index (χ2n) is 3.96. The third-order valence-corrected chi connectivity index (χ3v) is 2.90. The predicted molar refractivity (Wildman–Crippen MR) is 72.8 cm³/mol. The van der Waals surface area contributed by atoms with Gasteiger partial charge in [0.2, 0.25) is 5.91 Å². The normalized spacial score (nSPS) is 11.4. The SMILES string of the molecule is C#CCC(NC(=O)CCc1ccccc1Cl)C(=O)O. The van der Waals surface area contributed by atoms with E-state index in [1.165, 1.54) is 0 Å². The Kier molecular flexibility index (Phi) is 5.91. The molecule has 0 aliphatic carbocycles. The molecular formula is C14H14ClNO3. The number of terminal acetylenes is 1. The molecule has 0 spiro atoms. The highest BCUT2D eigenvalue weighted by Gasteiger charge is 2.18. The lowest BCUT2D eigenvalue weighted by Gasteiger charge is -2.11. The summed E-state index contributed by atoms with van der Waals surface area (Å²) >= 11 is 5.96. The van der Waals surface area contributed by atoms with Gasteiger partial charge in [-0.25, -0.2) is 4.79 Å². The first-order valence-corrected chi connectivity index (χ1v) is 6.11. The molecule has 19 heavy (non-hydrogen) atoms. The summed E-state index contributed by atoms with van der Waals surface area (Å²) in [5.74, 6) is 0.727. The summed E-state index contributed by atoms with van der Waals surface area (Å²) in [6.45, 7) is 0. The van der Waals surface area contributed by atoms with E-state index in [1.54, 1.807) is 12.1 Å². The largest absolute Gasteiger partial charge is 0.480 e. The number of carboxylic acids is 1. The average Bonchev–Trinajstić information content (AvgIpc) is 2.37. The number of nitrogens with one attached hydrogen (secondary N) is 1. The highest BCUT2D eigenvalue weighted by Crippen LogP contribution is 2.16. The second-order valence-corrected chi connectivity index (χ2v) is 4.37. The van der Waals surface area contributed by atoms with Crippen molar-refractivity contribution in [3.05, 3.63) is 34.9 Å². The number of aliphatic carboxylic acids is 1. The van der Waals surface area contributed by atoms with E-state index >= 15 is 0 Å². The van der Waals surface area contributed by atoms with Gasteiger partial charge in [-0.1, -0.05) is 29.8 Å². The van der Waals surface area contributed by atoms with Crippen molar-refractivity contribution in [2.75, 3.05) is 0 Å². The van der Waals surface area contributed by atoms with E-state index in [1.807, 2.05) is 12.1 Å². The smallest absolute Gasteiger partial charge is 0.327 e. The molecule has 0 heterocycles. The number of rotatable bonds is 6. The van der Waals surface area contributed by atoms with Crippen molar-refractivity contribution in [3.63, 3.8) is 0 Å². The minimum absolute atomic E-state index is 0.0346. The first kappa shape index (κ1) is 15.1. The van der Waals surface area contributed by atoms with Crippen LogP contribution >= 0.6 is 11.6 Å². The Balaban J connectivity index is 2.50. The van der Waals surface area contributed by atoms with Crippen molar-refractivity contribution in [1.29, 1.82) is 0 Å². The van der Waals surface area contributed by atoms with E-state index in [9.17, 15) is 9.59 Å². The molecule has 1 atom stereocenters. The molecule has 2 N–H and O–H groups in total. The van der Waals surface area contributed by atoms with Crippen LogP contribution in [0.3, 0.4) is 0 Å². The summed E-state index contributed by atoms with van der Waals surface area (Å²) < 4.78 is 0. The number of aryl methyl sites for hydroxylation is 1. The zero-order valence-corrected chi connectivity index (χ0v) is 11.0. The van der Waals surface area contributed by atoms with Crippen molar-refractivity contribution < 1.29 is 14.7 Å². The summed E-state index contributed by atoms with van der Waals surface area (Å²) in [6.07, 6.45) is 5.63. The van der Waals surface area contributed by atoms with Crippen LogP contribution in [-0.2, 0) is 16.0 Å². The molecule has 0 saturated heterocycles. The standard InChI is InChI=1S/C14H14ClNO3/c1-2-5-12(14(18)19)16-13(17)9-8-10-6-3-4-7-11(10)15/h1,3-4,6-7,12H,5,8-9H2,(H,16,17)(H,18,19). The number of hydrogen-bond donors (Lipinski definition) is 2. The molecule has 0 aromatic heterocycles. The Morgan fingerprint density at radius 3 is 2.68 bits per heavy atom. The number of halogens is 1. The van der Waals surface area contributed by atoms with Crippen LogP contribution in [0.2, 0.25) is 5.02 Å². The van der Waals surface area contributed by atoms with Gasteiger partial charge in [-0.05, 0) is 18.1 Å². The zero-order valence-electron chi connectivity index (χ0n) is 10.2. The molecule has 5 heteroatoms. The molecule has 100 valence electrons. The van der Waals surface area contributed by atoms with E-state index < -0.39 is 12.0 Å². The molecule has 4 nitrogen and oxygen atoms in total. The highest BCUT2D eigenvalue weighted by atomic mass is 35.5. The summed E-state index contributed by atoms with van der Waals surface area (Å²) in [7, 11) is 0. The maximum Gasteiger partial charge on any atom is 0.327 e. The fraction of sp³-hybridized carbons (Fsp3) is 0.286.